The van der Waals surface area contributed by atoms with Crippen molar-refractivity contribution in [2.75, 3.05) is 7.11 Å². The monoisotopic (exact) mass is 174 g/mol. The van der Waals surface area contributed by atoms with E-state index in [0.717, 1.165) is 11.3 Å². The van der Waals surface area contributed by atoms with E-state index in [4.69, 9.17) is 15.9 Å². The average Bonchev–Trinajstić information content (AvgIpc) is 2.97. The number of hydrogen-bond acceptors (Lipinski definition) is 2. The molecule has 1 aliphatic heterocycles. The Balaban J connectivity index is 2.12. The minimum Gasteiger partial charge on any atom is -0.497 e. The summed E-state index contributed by atoms with van der Waals surface area (Å²) in [4.78, 5) is 0. The van der Waals surface area contributed by atoms with Crippen molar-refractivity contribution in [2.24, 2.45) is 0 Å². The highest BCUT2D eigenvalue weighted by atomic mass is 16.6. The van der Waals surface area contributed by atoms with Gasteiger partial charge in [0.05, 0.1) is 7.11 Å². The predicted octanol–water partition coefficient (Wildman–Crippen LogP) is 1.77. The minimum absolute atomic E-state index is 0.0339. The van der Waals surface area contributed by atoms with Crippen molar-refractivity contribution in [3.8, 4) is 18.1 Å². The lowest BCUT2D eigenvalue weighted by molar-refractivity contribution is 0.396. The fourth-order valence-corrected chi connectivity index (χ4v) is 1.29. The van der Waals surface area contributed by atoms with Crippen molar-refractivity contribution in [3.63, 3.8) is 0 Å². The van der Waals surface area contributed by atoms with E-state index < -0.39 is 0 Å². The highest BCUT2D eigenvalue weighted by molar-refractivity contribution is 5.32. The van der Waals surface area contributed by atoms with E-state index in [0.29, 0.717) is 0 Å². The number of methoxy groups -OCH3 is 1. The molecule has 1 fully saturated rings. The molecule has 0 N–H and O–H groups in total. The highest BCUT2D eigenvalue weighted by Gasteiger charge is 2.38. The van der Waals surface area contributed by atoms with Crippen LogP contribution in [0.25, 0.3) is 0 Å². The Morgan fingerprint density at radius 2 is 2.08 bits per heavy atom. The van der Waals surface area contributed by atoms with Crippen LogP contribution in [0.4, 0.5) is 0 Å². The molecule has 0 unspecified atom stereocenters. The first kappa shape index (κ1) is 8.15. The fraction of sp³-hybridized carbons (Fsp3) is 0.273. The molecule has 2 nitrogen and oxygen atoms in total. The summed E-state index contributed by atoms with van der Waals surface area (Å²) in [7, 11) is 1.65. The summed E-state index contributed by atoms with van der Waals surface area (Å²) >= 11 is 0. The summed E-state index contributed by atoms with van der Waals surface area (Å²) < 4.78 is 10.3. The van der Waals surface area contributed by atoms with E-state index in [-0.39, 0.29) is 12.2 Å². The van der Waals surface area contributed by atoms with Crippen molar-refractivity contribution in [1.82, 2.24) is 0 Å². The number of terminal acetylenes is 1. The predicted molar refractivity (Wildman–Crippen MR) is 49.4 cm³/mol. The Bertz CT molecular complexity index is 334. The molecule has 1 saturated heterocycles. The van der Waals surface area contributed by atoms with Crippen LogP contribution in [0.3, 0.4) is 0 Å². The summed E-state index contributed by atoms with van der Waals surface area (Å²) in [6.07, 6.45) is 5.28. The topological polar surface area (TPSA) is 21.8 Å². The van der Waals surface area contributed by atoms with Gasteiger partial charge in [-0.2, -0.15) is 0 Å². The van der Waals surface area contributed by atoms with E-state index in [2.05, 4.69) is 5.92 Å². The second kappa shape index (κ2) is 3.12. The lowest BCUT2D eigenvalue weighted by Gasteiger charge is -1.99. The van der Waals surface area contributed by atoms with Crippen LogP contribution in [-0.2, 0) is 4.74 Å². The highest BCUT2D eigenvalue weighted by Crippen LogP contribution is 2.38. The summed E-state index contributed by atoms with van der Waals surface area (Å²) in [6.45, 7) is 0. The zero-order valence-corrected chi connectivity index (χ0v) is 7.36. The average molecular weight is 174 g/mol. The molecule has 0 spiro atoms. The number of benzene rings is 1. The molecule has 66 valence electrons. The van der Waals surface area contributed by atoms with Crippen molar-refractivity contribution in [1.29, 1.82) is 0 Å². The first-order valence-electron chi connectivity index (χ1n) is 4.10. The second-order valence-electron chi connectivity index (χ2n) is 2.92. The molecule has 0 radical (unpaired) electrons. The van der Waals surface area contributed by atoms with Gasteiger partial charge in [0.15, 0.2) is 0 Å². The van der Waals surface area contributed by atoms with Crippen molar-refractivity contribution in [3.05, 3.63) is 29.8 Å². The Hall–Kier alpha value is -1.46. The zero-order valence-electron chi connectivity index (χ0n) is 7.36. The quantitative estimate of drug-likeness (QED) is 0.503. The third-order valence-electron chi connectivity index (χ3n) is 2.10. The summed E-state index contributed by atoms with van der Waals surface area (Å²) in [5, 5.41) is 0. The fourth-order valence-electron chi connectivity index (χ4n) is 1.29. The molecular weight excluding hydrogens is 164 g/mol. The smallest absolute Gasteiger partial charge is 0.149 e. The third kappa shape index (κ3) is 1.51. The molecule has 0 saturated carbocycles. The maximum absolute atomic E-state index is 5.25. The first-order chi connectivity index (χ1) is 6.35. The van der Waals surface area contributed by atoms with Gasteiger partial charge in [0.25, 0.3) is 0 Å². The van der Waals surface area contributed by atoms with Gasteiger partial charge in [0.1, 0.15) is 18.0 Å². The lowest BCUT2D eigenvalue weighted by atomic mass is 10.1. The van der Waals surface area contributed by atoms with E-state index in [1.165, 1.54) is 0 Å². The van der Waals surface area contributed by atoms with Gasteiger partial charge >= 0.3 is 0 Å². The van der Waals surface area contributed by atoms with Gasteiger partial charge < -0.3 is 9.47 Å². The largest absolute Gasteiger partial charge is 0.497 e. The van der Waals surface area contributed by atoms with Crippen LogP contribution in [0.2, 0.25) is 0 Å². The van der Waals surface area contributed by atoms with Crippen LogP contribution in [-0.4, -0.2) is 13.2 Å². The zero-order chi connectivity index (χ0) is 9.26. The normalized spacial score (nSPS) is 24.9. The van der Waals surface area contributed by atoms with Crippen LogP contribution < -0.4 is 4.74 Å². The van der Waals surface area contributed by atoms with Gasteiger partial charge in [-0.1, -0.05) is 18.1 Å². The van der Waals surface area contributed by atoms with E-state index in [1.807, 2.05) is 24.3 Å². The van der Waals surface area contributed by atoms with Gasteiger partial charge in [-0.15, -0.1) is 6.42 Å². The third-order valence-corrected chi connectivity index (χ3v) is 2.10. The molecule has 2 heteroatoms. The molecule has 0 bridgehead atoms. The Kier molecular flexibility index (Phi) is 1.96. The van der Waals surface area contributed by atoms with Crippen molar-refractivity contribution < 1.29 is 9.47 Å². The van der Waals surface area contributed by atoms with Crippen molar-refractivity contribution in [2.45, 2.75) is 12.2 Å². The summed E-state index contributed by atoms with van der Waals surface area (Å²) in [5.74, 6) is 3.41. The van der Waals surface area contributed by atoms with Gasteiger partial charge in [-0.25, -0.2) is 0 Å². The molecule has 1 aliphatic rings. The maximum atomic E-state index is 5.25. The number of epoxide rings is 1. The molecular formula is C11H10O2. The lowest BCUT2D eigenvalue weighted by Crippen LogP contribution is -1.86. The Labute approximate surface area is 77.5 Å². The summed E-state index contributed by atoms with van der Waals surface area (Å²) in [5.41, 5.74) is 1.11. The van der Waals surface area contributed by atoms with Gasteiger partial charge in [-0.05, 0) is 17.7 Å². The van der Waals surface area contributed by atoms with Gasteiger partial charge in [0, 0.05) is 0 Å². The minimum atomic E-state index is -0.0339. The van der Waals surface area contributed by atoms with E-state index in [9.17, 15) is 0 Å². The van der Waals surface area contributed by atoms with Crippen LogP contribution in [0.5, 0.6) is 5.75 Å². The van der Waals surface area contributed by atoms with Crippen molar-refractivity contribution >= 4 is 0 Å². The molecule has 1 heterocycles. The van der Waals surface area contributed by atoms with E-state index >= 15 is 0 Å². The van der Waals surface area contributed by atoms with Gasteiger partial charge in [0.2, 0.25) is 0 Å². The van der Waals surface area contributed by atoms with Gasteiger partial charge in [-0.3, -0.25) is 0 Å². The number of hydrogen-bond donors (Lipinski definition) is 0. The van der Waals surface area contributed by atoms with Crippen LogP contribution >= 0.6 is 0 Å². The number of rotatable bonds is 2. The summed E-state index contributed by atoms with van der Waals surface area (Å²) in [6, 6.07) is 7.76. The second-order valence-corrected chi connectivity index (χ2v) is 2.92. The Morgan fingerprint density at radius 3 is 2.54 bits per heavy atom. The molecule has 2 rings (SSSR count). The standard InChI is InChI=1S/C11H10O2/c1-3-10-11(13-10)8-4-6-9(12-2)7-5-8/h1,4-7,10-11H,2H3/t10-,11-/m1/s1. The maximum Gasteiger partial charge on any atom is 0.149 e. The molecule has 0 amide bonds. The van der Waals surface area contributed by atoms with E-state index in [1.54, 1.807) is 7.11 Å². The van der Waals surface area contributed by atoms with Crippen LogP contribution in [0, 0.1) is 12.3 Å². The van der Waals surface area contributed by atoms with Crippen LogP contribution in [0.15, 0.2) is 24.3 Å². The number of ether oxygens (including phenoxy) is 2. The first-order valence-corrected chi connectivity index (χ1v) is 4.10. The molecule has 13 heavy (non-hydrogen) atoms. The Morgan fingerprint density at radius 1 is 1.38 bits per heavy atom. The molecule has 1 aromatic rings. The molecule has 1 aromatic carbocycles. The van der Waals surface area contributed by atoms with Crippen LogP contribution in [0.1, 0.15) is 11.7 Å². The molecule has 0 aromatic heterocycles. The molecule has 0 aliphatic carbocycles. The molecule has 2 atom stereocenters. The SMILES string of the molecule is C#C[C@H]1O[C@@H]1c1ccc(OC)cc1.